The summed E-state index contributed by atoms with van der Waals surface area (Å²) in [5.41, 5.74) is 2.39. The molecular formula is C24H27NO2. The molecule has 0 aliphatic heterocycles. The van der Waals surface area contributed by atoms with Gasteiger partial charge in [0.15, 0.2) is 6.10 Å². The van der Waals surface area contributed by atoms with E-state index in [4.69, 9.17) is 4.74 Å². The SMILES string of the molecule is CCc1ccc([C@@H](C)NC(=O)[C@@H](CC)Oc2ccc3ccccc3c2)cc1. The van der Waals surface area contributed by atoms with Crippen molar-refractivity contribution in [3.63, 3.8) is 0 Å². The van der Waals surface area contributed by atoms with Crippen LogP contribution in [-0.4, -0.2) is 12.0 Å². The number of amides is 1. The van der Waals surface area contributed by atoms with Crippen molar-refractivity contribution in [2.45, 2.75) is 45.8 Å². The Balaban J connectivity index is 1.67. The number of hydrogen-bond donors (Lipinski definition) is 1. The number of rotatable bonds is 7. The molecule has 3 nitrogen and oxygen atoms in total. The molecule has 27 heavy (non-hydrogen) atoms. The number of hydrogen-bond acceptors (Lipinski definition) is 2. The third kappa shape index (κ3) is 4.68. The van der Waals surface area contributed by atoms with Gasteiger partial charge in [-0.15, -0.1) is 0 Å². The molecule has 3 aromatic carbocycles. The van der Waals surface area contributed by atoms with E-state index in [0.29, 0.717) is 6.42 Å². The predicted octanol–water partition coefficient (Wildman–Crippen LogP) is 5.44. The molecule has 0 spiro atoms. The van der Waals surface area contributed by atoms with Crippen molar-refractivity contribution < 1.29 is 9.53 Å². The molecule has 3 heteroatoms. The van der Waals surface area contributed by atoms with E-state index in [2.05, 4.69) is 42.6 Å². The number of carbonyl (C=O) groups is 1. The number of fused-ring (bicyclic) bond motifs is 1. The fraction of sp³-hybridized carbons (Fsp3) is 0.292. The second kappa shape index (κ2) is 8.72. The number of nitrogens with one attached hydrogen (secondary N) is 1. The Morgan fingerprint density at radius 1 is 0.963 bits per heavy atom. The fourth-order valence-electron chi connectivity index (χ4n) is 3.16. The first-order chi connectivity index (χ1) is 13.1. The lowest BCUT2D eigenvalue weighted by Gasteiger charge is -2.21. The maximum absolute atomic E-state index is 12.7. The first-order valence-corrected chi connectivity index (χ1v) is 9.65. The van der Waals surface area contributed by atoms with Crippen LogP contribution in [0.4, 0.5) is 0 Å². The average Bonchev–Trinajstić information content (AvgIpc) is 2.71. The van der Waals surface area contributed by atoms with Gasteiger partial charge in [0.2, 0.25) is 0 Å². The van der Waals surface area contributed by atoms with E-state index < -0.39 is 6.10 Å². The smallest absolute Gasteiger partial charge is 0.261 e. The van der Waals surface area contributed by atoms with E-state index >= 15 is 0 Å². The fourth-order valence-corrected chi connectivity index (χ4v) is 3.16. The Bertz CT molecular complexity index is 902. The molecule has 0 saturated heterocycles. The van der Waals surface area contributed by atoms with Crippen LogP contribution in [-0.2, 0) is 11.2 Å². The molecular weight excluding hydrogens is 334 g/mol. The maximum Gasteiger partial charge on any atom is 0.261 e. The van der Waals surface area contributed by atoms with E-state index in [9.17, 15) is 4.79 Å². The van der Waals surface area contributed by atoms with Crippen molar-refractivity contribution in [2.24, 2.45) is 0 Å². The van der Waals surface area contributed by atoms with Crippen molar-refractivity contribution in [3.8, 4) is 5.75 Å². The number of benzene rings is 3. The van der Waals surface area contributed by atoms with Gasteiger partial charge in [-0.05, 0) is 53.8 Å². The van der Waals surface area contributed by atoms with E-state index in [1.165, 1.54) is 5.56 Å². The minimum atomic E-state index is -0.511. The summed E-state index contributed by atoms with van der Waals surface area (Å²) in [5.74, 6) is 0.633. The van der Waals surface area contributed by atoms with Gasteiger partial charge in [0, 0.05) is 0 Å². The highest BCUT2D eigenvalue weighted by molar-refractivity contribution is 5.84. The van der Waals surface area contributed by atoms with E-state index in [0.717, 1.165) is 28.5 Å². The molecule has 0 unspecified atom stereocenters. The van der Waals surface area contributed by atoms with Crippen LogP contribution in [0.5, 0.6) is 5.75 Å². The van der Waals surface area contributed by atoms with Crippen molar-refractivity contribution in [2.75, 3.05) is 0 Å². The monoisotopic (exact) mass is 361 g/mol. The summed E-state index contributed by atoms with van der Waals surface area (Å²) < 4.78 is 5.99. The van der Waals surface area contributed by atoms with Gasteiger partial charge in [-0.1, -0.05) is 68.4 Å². The van der Waals surface area contributed by atoms with Crippen LogP contribution in [0.15, 0.2) is 66.7 Å². The minimum Gasteiger partial charge on any atom is -0.481 e. The highest BCUT2D eigenvalue weighted by Crippen LogP contribution is 2.22. The van der Waals surface area contributed by atoms with Gasteiger partial charge in [0.05, 0.1) is 6.04 Å². The first kappa shape index (κ1) is 19.0. The zero-order chi connectivity index (χ0) is 19.2. The second-order valence-electron chi connectivity index (χ2n) is 6.85. The Labute approximate surface area is 161 Å². The van der Waals surface area contributed by atoms with Crippen molar-refractivity contribution in [3.05, 3.63) is 77.9 Å². The van der Waals surface area contributed by atoms with Gasteiger partial charge in [-0.3, -0.25) is 4.79 Å². The summed E-state index contributed by atoms with van der Waals surface area (Å²) in [5, 5.41) is 5.34. The van der Waals surface area contributed by atoms with E-state index in [-0.39, 0.29) is 11.9 Å². The first-order valence-electron chi connectivity index (χ1n) is 9.65. The topological polar surface area (TPSA) is 38.3 Å². The Morgan fingerprint density at radius 3 is 2.33 bits per heavy atom. The molecule has 0 radical (unpaired) electrons. The molecule has 1 N–H and O–H groups in total. The quantitative estimate of drug-likeness (QED) is 0.609. The van der Waals surface area contributed by atoms with Crippen LogP contribution in [0.2, 0.25) is 0 Å². The molecule has 0 saturated carbocycles. The average molecular weight is 361 g/mol. The van der Waals surface area contributed by atoms with Gasteiger partial charge in [-0.2, -0.15) is 0 Å². The molecule has 2 atom stereocenters. The van der Waals surface area contributed by atoms with Gasteiger partial charge in [-0.25, -0.2) is 0 Å². The van der Waals surface area contributed by atoms with E-state index in [1.807, 2.05) is 50.2 Å². The third-order valence-electron chi connectivity index (χ3n) is 4.91. The third-order valence-corrected chi connectivity index (χ3v) is 4.91. The van der Waals surface area contributed by atoms with Gasteiger partial charge < -0.3 is 10.1 Å². The molecule has 3 rings (SSSR count). The van der Waals surface area contributed by atoms with Crippen molar-refractivity contribution in [1.82, 2.24) is 5.32 Å². The molecule has 0 aliphatic carbocycles. The normalized spacial score (nSPS) is 13.1. The summed E-state index contributed by atoms with van der Waals surface area (Å²) in [6.07, 6.45) is 1.11. The molecule has 0 fully saturated rings. The number of carbonyl (C=O) groups excluding carboxylic acids is 1. The molecule has 0 bridgehead atoms. The summed E-state index contributed by atoms with van der Waals surface area (Å²) in [4.78, 5) is 12.7. The minimum absolute atomic E-state index is 0.0577. The Hall–Kier alpha value is -2.81. The highest BCUT2D eigenvalue weighted by atomic mass is 16.5. The standard InChI is InChI=1S/C24H27NO2/c1-4-18-10-12-19(13-11-18)17(3)25-24(26)23(5-2)27-22-15-14-20-8-6-7-9-21(20)16-22/h6-17,23H,4-5H2,1-3H3,(H,25,26)/t17-,23-/m1/s1. The highest BCUT2D eigenvalue weighted by Gasteiger charge is 2.20. The summed E-state index contributed by atoms with van der Waals surface area (Å²) >= 11 is 0. The van der Waals surface area contributed by atoms with E-state index in [1.54, 1.807) is 0 Å². The van der Waals surface area contributed by atoms with Crippen LogP contribution >= 0.6 is 0 Å². The van der Waals surface area contributed by atoms with Crippen LogP contribution < -0.4 is 10.1 Å². The lowest BCUT2D eigenvalue weighted by atomic mass is 10.0. The second-order valence-corrected chi connectivity index (χ2v) is 6.85. The van der Waals surface area contributed by atoms with Gasteiger partial charge in [0.25, 0.3) is 5.91 Å². The van der Waals surface area contributed by atoms with Crippen molar-refractivity contribution in [1.29, 1.82) is 0 Å². The molecule has 140 valence electrons. The zero-order valence-electron chi connectivity index (χ0n) is 16.2. The lowest BCUT2D eigenvalue weighted by molar-refractivity contribution is -0.128. The van der Waals surface area contributed by atoms with Crippen molar-refractivity contribution >= 4 is 16.7 Å². The van der Waals surface area contributed by atoms with Crippen LogP contribution in [0, 0.1) is 0 Å². The number of ether oxygens (including phenoxy) is 1. The Morgan fingerprint density at radius 2 is 1.67 bits per heavy atom. The summed E-state index contributed by atoms with van der Waals surface area (Å²) in [6.45, 7) is 6.10. The number of aryl methyl sites for hydroxylation is 1. The lowest BCUT2D eigenvalue weighted by Crippen LogP contribution is -2.39. The Kier molecular flexibility index (Phi) is 6.12. The molecule has 3 aromatic rings. The van der Waals surface area contributed by atoms with Gasteiger partial charge in [0.1, 0.15) is 5.75 Å². The summed E-state index contributed by atoms with van der Waals surface area (Å²) in [7, 11) is 0. The predicted molar refractivity (Wildman–Crippen MR) is 111 cm³/mol. The summed E-state index contributed by atoms with van der Waals surface area (Å²) in [6, 6.07) is 22.4. The van der Waals surface area contributed by atoms with Gasteiger partial charge >= 0.3 is 0 Å². The largest absolute Gasteiger partial charge is 0.481 e. The maximum atomic E-state index is 12.7. The van der Waals surface area contributed by atoms with Crippen LogP contribution in [0.1, 0.15) is 44.4 Å². The van der Waals surface area contributed by atoms with Crippen LogP contribution in [0.3, 0.4) is 0 Å². The zero-order valence-corrected chi connectivity index (χ0v) is 16.2. The molecule has 0 aromatic heterocycles. The van der Waals surface area contributed by atoms with Crippen LogP contribution in [0.25, 0.3) is 10.8 Å². The molecule has 0 aliphatic rings. The molecule has 1 amide bonds. The molecule has 0 heterocycles.